The average Bonchev–Trinajstić information content (AvgIpc) is 2.71. The quantitative estimate of drug-likeness (QED) is 0.644. The molecule has 0 aromatic heterocycles. The topological polar surface area (TPSA) is 99.2 Å². The van der Waals surface area contributed by atoms with E-state index in [0.717, 1.165) is 4.90 Å². The molecule has 2 saturated heterocycles. The number of carbonyl (C=O) groups excluding carboxylic acids is 3. The number of nitrogens with zero attached hydrogens (tertiary/aromatic N) is 2. The standard InChI is InChI=1S/C13H21N3O5/c1-3-13(2)11(19)16(12(20)14-13)7-10(18)15-4-5-21-9(6-15)8-17/h9,17H,3-8H2,1-2H3,(H,14,20). The Balaban J connectivity index is 1.99. The van der Waals surface area contributed by atoms with Gasteiger partial charge in [-0.15, -0.1) is 0 Å². The first-order chi connectivity index (χ1) is 9.91. The summed E-state index contributed by atoms with van der Waals surface area (Å²) >= 11 is 0. The van der Waals surface area contributed by atoms with Crippen LogP contribution in [0.1, 0.15) is 20.3 Å². The summed E-state index contributed by atoms with van der Waals surface area (Å²) in [5.41, 5.74) is -0.935. The molecule has 0 saturated carbocycles. The maximum absolute atomic E-state index is 12.2. The van der Waals surface area contributed by atoms with Gasteiger partial charge in [0.1, 0.15) is 12.1 Å². The van der Waals surface area contributed by atoms with Gasteiger partial charge in [0.15, 0.2) is 0 Å². The third-order valence-corrected chi connectivity index (χ3v) is 4.04. The Labute approximate surface area is 123 Å². The van der Waals surface area contributed by atoms with Gasteiger partial charge >= 0.3 is 6.03 Å². The number of urea groups is 1. The number of amides is 4. The molecule has 4 amide bonds. The molecule has 2 N–H and O–H groups in total. The zero-order chi connectivity index (χ0) is 15.6. The molecule has 0 aliphatic carbocycles. The summed E-state index contributed by atoms with van der Waals surface area (Å²) in [6.07, 6.45) is 0.0542. The van der Waals surface area contributed by atoms with Crippen molar-refractivity contribution in [3.8, 4) is 0 Å². The van der Waals surface area contributed by atoms with E-state index in [9.17, 15) is 14.4 Å². The van der Waals surface area contributed by atoms with Gasteiger partial charge in [-0.05, 0) is 13.3 Å². The van der Waals surface area contributed by atoms with E-state index in [1.165, 1.54) is 4.90 Å². The third kappa shape index (κ3) is 3.01. The second-order valence-electron chi connectivity index (χ2n) is 5.52. The highest BCUT2D eigenvalue weighted by molar-refractivity contribution is 6.08. The maximum Gasteiger partial charge on any atom is 0.325 e. The molecule has 2 rings (SSSR count). The number of carbonyl (C=O) groups is 3. The Kier molecular flexibility index (Phi) is 4.48. The fourth-order valence-electron chi connectivity index (χ4n) is 2.42. The van der Waals surface area contributed by atoms with Gasteiger partial charge < -0.3 is 20.1 Å². The van der Waals surface area contributed by atoms with E-state index in [1.54, 1.807) is 13.8 Å². The lowest BCUT2D eigenvalue weighted by atomic mass is 9.99. The molecule has 2 aliphatic rings. The van der Waals surface area contributed by atoms with Gasteiger partial charge in [-0.2, -0.15) is 0 Å². The summed E-state index contributed by atoms with van der Waals surface area (Å²) in [4.78, 5) is 38.8. The summed E-state index contributed by atoms with van der Waals surface area (Å²) in [7, 11) is 0. The van der Waals surface area contributed by atoms with Crippen LogP contribution in [0.5, 0.6) is 0 Å². The fourth-order valence-corrected chi connectivity index (χ4v) is 2.42. The number of aliphatic hydroxyl groups is 1. The largest absolute Gasteiger partial charge is 0.394 e. The molecular weight excluding hydrogens is 278 g/mol. The minimum Gasteiger partial charge on any atom is -0.394 e. The van der Waals surface area contributed by atoms with E-state index in [0.29, 0.717) is 19.6 Å². The lowest BCUT2D eigenvalue weighted by molar-refractivity contribution is -0.144. The molecule has 0 aromatic rings. The van der Waals surface area contributed by atoms with E-state index < -0.39 is 17.7 Å². The molecule has 2 atom stereocenters. The lowest BCUT2D eigenvalue weighted by Gasteiger charge is -2.32. The average molecular weight is 299 g/mol. The van der Waals surface area contributed by atoms with E-state index in [1.807, 2.05) is 0 Å². The minimum atomic E-state index is -0.935. The Morgan fingerprint density at radius 1 is 1.52 bits per heavy atom. The molecule has 0 aromatic carbocycles. The summed E-state index contributed by atoms with van der Waals surface area (Å²) in [6.45, 7) is 4.00. The van der Waals surface area contributed by atoms with Crippen molar-refractivity contribution in [1.29, 1.82) is 0 Å². The number of nitrogens with one attached hydrogen (secondary N) is 1. The third-order valence-electron chi connectivity index (χ3n) is 4.04. The molecule has 21 heavy (non-hydrogen) atoms. The van der Waals surface area contributed by atoms with Crippen LogP contribution in [0.2, 0.25) is 0 Å². The van der Waals surface area contributed by atoms with E-state index in [2.05, 4.69) is 5.32 Å². The van der Waals surface area contributed by atoms with E-state index >= 15 is 0 Å². The molecule has 8 nitrogen and oxygen atoms in total. The van der Waals surface area contributed by atoms with Crippen molar-refractivity contribution in [2.75, 3.05) is 32.8 Å². The Morgan fingerprint density at radius 2 is 2.24 bits per heavy atom. The van der Waals surface area contributed by atoms with Crippen LogP contribution < -0.4 is 5.32 Å². The smallest absolute Gasteiger partial charge is 0.325 e. The molecule has 118 valence electrons. The normalized spacial score (nSPS) is 29.8. The van der Waals surface area contributed by atoms with Crippen LogP contribution in [0.15, 0.2) is 0 Å². The lowest BCUT2D eigenvalue weighted by Crippen LogP contribution is -2.51. The summed E-state index contributed by atoms with van der Waals surface area (Å²) in [5.74, 6) is -0.698. The highest BCUT2D eigenvalue weighted by Gasteiger charge is 2.47. The second kappa shape index (κ2) is 5.98. The van der Waals surface area contributed by atoms with Gasteiger partial charge in [-0.3, -0.25) is 14.5 Å². The van der Waals surface area contributed by atoms with Crippen molar-refractivity contribution in [1.82, 2.24) is 15.1 Å². The zero-order valence-electron chi connectivity index (χ0n) is 12.3. The summed E-state index contributed by atoms with van der Waals surface area (Å²) in [6, 6.07) is -0.537. The number of morpholine rings is 1. The first-order valence-electron chi connectivity index (χ1n) is 7.05. The van der Waals surface area contributed by atoms with Crippen LogP contribution in [0.25, 0.3) is 0 Å². The number of hydrogen-bond donors (Lipinski definition) is 2. The van der Waals surface area contributed by atoms with Gasteiger partial charge in [-0.25, -0.2) is 4.79 Å². The van der Waals surface area contributed by atoms with Crippen molar-refractivity contribution in [3.63, 3.8) is 0 Å². The van der Waals surface area contributed by atoms with Gasteiger partial charge in [0.25, 0.3) is 5.91 Å². The summed E-state index contributed by atoms with van der Waals surface area (Å²) < 4.78 is 5.27. The van der Waals surface area contributed by atoms with Crippen LogP contribution in [0.4, 0.5) is 4.79 Å². The fraction of sp³-hybridized carbons (Fsp3) is 0.769. The minimum absolute atomic E-state index is 0.166. The molecular formula is C13H21N3O5. The van der Waals surface area contributed by atoms with Crippen LogP contribution in [-0.2, 0) is 14.3 Å². The highest BCUT2D eigenvalue weighted by Crippen LogP contribution is 2.20. The molecule has 0 bridgehead atoms. The highest BCUT2D eigenvalue weighted by atomic mass is 16.5. The van der Waals surface area contributed by atoms with Crippen molar-refractivity contribution < 1.29 is 24.2 Å². The van der Waals surface area contributed by atoms with E-state index in [-0.39, 0.29) is 31.5 Å². The van der Waals surface area contributed by atoms with Gasteiger partial charge in [0, 0.05) is 13.1 Å². The number of hydrogen-bond acceptors (Lipinski definition) is 5. The molecule has 2 aliphatic heterocycles. The van der Waals surface area contributed by atoms with Crippen LogP contribution in [0.3, 0.4) is 0 Å². The van der Waals surface area contributed by atoms with Gasteiger partial charge in [-0.1, -0.05) is 6.92 Å². The first-order valence-corrected chi connectivity index (χ1v) is 7.05. The Bertz CT molecular complexity index is 455. The molecule has 8 heteroatoms. The van der Waals surface area contributed by atoms with Gasteiger partial charge in [0.2, 0.25) is 5.91 Å². The monoisotopic (exact) mass is 299 g/mol. The number of rotatable bonds is 4. The van der Waals surface area contributed by atoms with Crippen molar-refractivity contribution in [2.45, 2.75) is 31.9 Å². The predicted octanol–water partition coefficient (Wildman–Crippen LogP) is -1.07. The second-order valence-corrected chi connectivity index (χ2v) is 5.52. The number of ether oxygens (including phenoxy) is 1. The van der Waals surface area contributed by atoms with Crippen molar-refractivity contribution in [2.24, 2.45) is 0 Å². The van der Waals surface area contributed by atoms with Crippen molar-refractivity contribution >= 4 is 17.8 Å². The zero-order valence-corrected chi connectivity index (χ0v) is 12.3. The molecule has 2 heterocycles. The molecule has 0 spiro atoms. The van der Waals surface area contributed by atoms with Crippen molar-refractivity contribution in [3.05, 3.63) is 0 Å². The maximum atomic E-state index is 12.2. The van der Waals surface area contributed by atoms with Crippen LogP contribution in [-0.4, -0.2) is 77.2 Å². The van der Waals surface area contributed by atoms with Crippen LogP contribution in [0, 0.1) is 0 Å². The number of aliphatic hydroxyl groups excluding tert-OH is 1. The van der Waals surface area contributed by atoms with Crippen LogP contribution >= 0.6 is 0 Å². The van der Waals surface area contributed by atoms with E-state index in [4.69, 9.17) is 9.84 Å². The predicted molar refractivity (Wildman–Crippen MR) is 72.3 cm³/mol. The van der Waals surface area contributed by atoms with Gasteiger partial charge in [0.05, 0.1) is 19.3 Å². The SMILES string of the molecule is CCC1(C)NC(=O)N(CC(=O)N2CCOC(CO)C2)C1=O. The first kappa shape index (κ1) is 15.7. The molecule has 2 fully saturated rings. The summed E-state index contributed by atoms with van der Waals surface area (Å²) in [5, 5.41) is 11.7. The molecule has 2 unspecified atom stereocenters. The Morgan fingerprint density at radius 3 is 2.81 bits per heavy atom. The Hall–Kier alpha value is -1.67. The molecule has 0 radical (unpaired) electrons. The number of imide groups is 1.